The lowest BCUT2D eigenvalue weighted by molar-refractivity contribution is -0.384. The van der Waals surface area contributed by atoms with Crippen molar-refractivity contribution in [3.05, 3.63) is 87.0 Å². The molecule has 0 unspecified atom stereocenters. The maximum absolute atomic E-state index is 11.6. The van der Waals surface area contributed by atoms with Gasteiger partial charge in [0, 0.05) is 35.0 Å². The number of nitrogens with zero attached hydrogens (tertiary/aromatic N) is 3. The number of nitro groups is 1. The predicted molar refractivity (Wildman–Crippen MR) is 159 cm³/mol. The normalized spacial score (nSPS) is 24.5. The first-order chi connectivity index (χ1) is 20.1. The van der Waals surface area contributed by atoms with Crippen molar-refractivity contribution in [2.45, 2.75) is 50.9 Å². The number of aryl methyl sites for hydroxylation is 1. The van der Waals surface area contributed by atoms with Gasteiger partial charge in [-0.1, -0.05) is 12.1 Å². The van der Waals surface area contributed by atoms with Crippen molar-refractivity contribution < 1.29 is 25.0 Å². The van der Waals surface area contributed by atoms with E-state index in [2.05, 4.69) is 11.1 Å². The lowest BCUT2D eigenvalue weighted by atomic mass is 9.48. The third kappa shape index (κ3) is 4.14. The summed E-state index contributed by atoms with van der Waals surface area (Å²) in [5.74, 6) is 0.923. The quantitative estimate of drug-likeness (QED) is 0.129. The number of hydrogen-bond donors (Lipinski definition) is 3. The van der Waals surface area contributed by atoms with Gasteiger partial charge >= 0.3 is 5.97 Å². The van der Waals surface area contributed by atoms with Gasteiger partial charge in [0.05, 0.1) is 21.6 Å². The summed E-state index contributed by atoms with van der Waals surface area (Å²) in [6.45, 7) is 1.99. The van der Waals surface area contributed by atoms with Crippen molar-refractivity contribution in [1.82, 2.24) is 4.57 Å². The number of benzene rings is 3. The van der Waals surface area contributed by atoms with Crippen molar-refractivity contribution in [2.24, 2.45) is 22.7 Å². The molecule has 3 aromatic carbocycles. The smallest absolute Gasteiger partial charge is 0.335 e. The van der Waals surface area contributed by atoms with Gasteiger partial charge < -0.3 is 15.3 Å². The number of nitro benzene ring substituents is 1. The van der Waals surface area contributed by atoms with E-state index in [1.165, 1.54) is 60.4 Å². The van der Waals surface area contributed by atoms with Gasteiger partial charge in [0.2, 0.25) is 5.88 Å². The highest BCUT2D eigenvalue weighted by atomic mass is 16.6. The SMILES string of the molecule is Cc1cc(N=Cc2c(O)n(-c3cccc(C(=O)O)c3)c3ccc([N+](=O)[O-])cc23)c(O)c(C23CC4CC(CC(C4)C2)C3)c1. The molecule has 42 heavy (non-hydrogen) atoms. The Labute approximate surface area is 241 Å². The predicted octanol–water partition coefficient (Wildman–Crippen LogP) is 7.17. The van der Waals surface area contributed by atoms with Crippen LogP contribution in [0.2, 0.25) is 0 Å². The number of hydrogen-bond acceptors (Lipinski definition) is 6. The van der Waals surface area contributed by atoms with Crippen LogP contribution in [0.25, 0.3) is 16.6 Å². The van der Waals surface area contributed by atoms with E-state index in [1.54, 1.807) is 12.1 Å². The molecular weight excluding hydrogens is 534 g/mol. The average Bonchev–Trinajstić information content (AvgIpc) is 3.22. The summed E-state index contributed by atoms with van der Waals surface area (Å²) < 4.78 is 1.45. The van der Waals surface area contributed by atoms with Crippen LogP contribution in [0.5, 0.6) is 11.6 Å². The number of aromatic carboxylic acids is 1. The van der Waals surface area contributed by atoms with Crippen LogP contribution < -0.4 is 0 Å². The van der Waals surface area contributed by atoms with E-state index in [0.717, 1.165) is 30.4 Å². The number of rotatable bonds is 6. The van der Waals surface area contributed by atoms with Crippen molar-refractivity contribution >= 4 is 34.5 Å². The summed E-state index contributed by atoms with van der Waals surface area (Å²) >= 11 is 0. The number of phenolic OH excluding ortho intramolecular Hbond substituents is 1. The summed E-state index contributed by atoms with van der Waals surface area (Å²) in [4.78, 5) is 27.4. The third-order valence-corrected chi connectivity index (χ3v) is 9.70. The molecule has 4 aromatic rings. The van der Waals surface area contributed by atoms with Crippen LogP contribution in [0, 0.1) is 34.8 Å². The van der Waals surface area contributed by atoms with Gasteiger partial charge in [-0.2, -0.15) is 0 Å². The van der Waals surface area contributed by atoms with Crippen LogP contribution in [0.3, 0.4) is 0 Å². The molecule has 0 radical (unpaired) electrons. The zero-order valence-corrected chi connectivity index (χ0v) is 23.2. The molecule has 1 aromatic heterocycles. The van der Waals surface area contributed by atoms with Gasteiger partial charge in [0.1, 0.15) is 11.4 Å². The Morgan fingerprint density at radius 1 is 1.02 bits per heavy atom. The topological polar surface area (TPSA) is 138 Å². The molecule has 4 aliphatic carbocycles. The monoisotopic (exact) mass is 565 g/mol. The zero-order valence-electron chi connectivity index (χ0n) is 23.2. The number of non-ortho nitro benzene ring substituents is 1. The molecule has 0 spiro atoms. The van der Waals surface area contributed by atoms with E-state index in [4.69, 9.17) is 0 Å². The maximum atomic E-state index is 11.6. The molecule has 0 aliphatic heterocycles. The molecule has 214 valence electrons. The minimum atomic E-state index is -1.12. The molecule has 9 nitrogen and oxygen atoms in total. The number of carboxylic acid groups (broad SMARTS) is 1. The summed E-state index contributed by atoms with van der Waals surface area (Å²) in [5.41, 5.74) is 3.23. The fourth-order valence-electron chi connectivity index (χ4n) is 8.41. The van der Waals surface area contributed by atoms with Crippen molar-refractivity contribution in [1.29, 1.82) is 0 Å². The Kier molecular flexibility index (Phi) is 5.90. The Morgan fingerprint density at radius 3 is 2.36 bits per heavy atom. The van der Waals surface area contributed by atoms with Crippen molar-refractivity contribution in [3.8, 4) is 17.3 Å². The van der Waals surface area contributed by atoms with Crippen molar-refractivity contribution in [2.75, 3.05) is 0 Å². The molecule has 0 atom stereocenters. The Balaban J connectivity index is 1.35. The van der Waals surface area contributed by atoms with Crippen LogP contribution in [0.1, 0.15) is 65.6 Å². The molecule has 0 saturated heterocycles. The van der Waals surface area contributed by atoms with E-state index in [1.807, 2.05) is 13.0 Å². The molecule has 4 aliphatic rings. The lowest BCUT2D eigenvalue weighted by Gasteiger charge is -2.57. The molecule has 3 N–H and O–H groups in total. The summed E-state index contributed by atoms with van der Waals surface area (Å²) in [6.07, 6.45) is 8.58. The van der Waals surface area contributed by atoms with Crippen LogP contribution >= 0.6 is 0 Å². The van der Waals surface area contributed by atoms with Crippen LogP contribution in [-0.4, -0.2) is 37.0 Å². The second-order valence-corrected chi connectivity index (χ2v) is 12.5. The standard InChI is InChI=1S/C33H31N3O6/c1-18-7-27(33-14-19-9-20(15-33)11-21(10-19)16-33)30(37)28(8-18)34-17-26-25-13-24(36(41)42)5-6-29(25)35(31(26)38)23-4-2-3-22(12-23)32(39)40/h2-8,12-13,17,19-21,37-38H,9-11,14-16H2,1H3,(H,39,40). The number of phenols is 1. The summed E-state index contributed by atoms with van der Waals surface area (Å²) in [6, 6.07) is 14.2. The van der Waals surface area contributed by atoms with Gasteiger partial charge in [0.15, 0.2) is 0 Å². The van der Waals surface area contributed by atoms with Crippen LogP contribution in [0.4, 0.5) is 11.4 Å². The number of carbonyl (C=O) groups is 1. The third-order valence-electron chi connectivity index (χ3n) is 9.70. The van der Waals surface area contributed by atoms with E-state index in [-0.39, 0.29) is 33.9 Å². The second-order valence-electron chi connectivity index (χ2n) is 12.5. The van der Waals surface area contributed by atoms with Gasteiger partial charge in [-0.05, 0) is 105 Å². The summed E-state index contributed by atoms with van der Waals surface area (Å²) in [7, 11) is 0. The number of fused-ring (bicyclic) bond motifs is 1. The second kappa shape index (κ2) is 9.44. The highest BCUT2D eigenvalue weighted by molar-refractivity contribution is 6.05. The molecule has 8 rings (SSSR count). The van der Waals surface area contributed by atoms with E-state index in [0.29, 0.717) is 40.0 Å². The van der Waals surface area contributed by atoms with E-state index in [9.17, 15) is 30.2 Å². The zero-order chi connectivity index (χ0) is 29.3. The first-order valence-corrected chi connectivity index (χ1v) is 14.4. The Morgan fingerprint density at radius 2 is 1.71 bits per heavy atom. The van der Waals surface area contributed by atoms with E-state index < -0.39 is 10.9 Å². The first kappa shape index (κ1) is 26.3. The highest BCUT2D eigenvalue weighted by Crippen LogP contribution is 2.62. The van der Waals surface area contributed by atoms with Gasteiger partial charge in [-0.15, -0.1) is 0 Å². The fourth-order valence-corrected chi connectivity index (χ4v) is 8.41. The average molecular weight is 566 g/mol. The molecule has 1 heterocycles. The molecule has 4 saturated carbocycles. The Bertz CT molecular complexity index is 1780. The fraction of sp³-hybridized carbons (Fsp3) is 0.333. The molecule has 4 fully saturated rings. The number of aromatic nitrogens is 1. The summed E-state index contributed by atoms with van der Waals surface area (Å²) in [5, 5.41) is 44.5. The number of carboxylic acids is 1. The van der Waals surface area contributed by atoms with Crippen molar-refractivity contribution in [3.63, 3.8) is 0 Å². The van der Waals surface area contributed by atoms with Gasteiger partial charge in [-0.25, -0.2) is 4.79 Å². The maximum Gasteiger partial charge on any atom is 0.335 e. The van der Waals surface area contributed by atoms with Crippen LogP contribution in [0.15, 0.2) is 59.6 Å². The Hall–Kier alpha value is -4.66. The van der Waals surface area contributed by atoms with Gasteiger partial charge in [0.25, 0.3) is 5.69 Å². The molecule has 4 bridgehead atoms. The molecular formula is C33H31N3O6. The lowest BCUT2D eigenvalue weighted by Crippen LogP contribution is -2.48. The highest BCUT2D eigenvalue weighted by Gasteiger charge is 2.52. The largest absolute Gasteiger partial charge is 0.505 e. The molecule has 9 heteroatoms. The first-order valence-electron chi connectivity index (χ1n) is 14.4. The number of aliphatic imine (C=N–C) groups is 1. The van der Waals surface area contributed by atoms with Gasteiger partial charge in [-0.3, -0.25) is 19.7 Å². The minimum Gasteiger partial charge on any atom is -0.505 e. The minimum absolute atomic E-state index is 0.0350. The molecule has 0 amide bonds. The number of aromatic hydroxyl groups is 2. The van der Waals surface area contributed by atoms with E-state index >= 15 is 0 Å². The van der Waals surface area contributed by atoms with Crippen LogP contribution in [-0.2, 0) is 5.41 Å².